The van der Waals surface area contributed by atoms with Crippen LogP contribution in [-0.2, 0) is 6.42 Å². The third kappa shape index (κ3) is 11.7. The molecule has 2 aromatic carbocycles. The van der Waals surface area contributed by atoms with Crippen LogP contribution in [0.15, 0.2) is 76.4 Å². The number of nitrogens with zero attached hydrogens (tertiary/aromatic N) is 1. The average Bonchev–Trinajstić information content (AvgIpc) is 2.84. The van der Waals surface area contributed by atoms with Gasteiger partial charge >= 0.3 is 0 Å². The van der Waals surface area contributed by atoms with Crippen LogP contribution in [0.2, 0.25) is 0 Å². The van der Waals surface area contributed by atoms with Crippen molar-refractivity contribution in [2.75, 3.05) is 0 Å². The van der Waals surface area contributed by atoms with Crippen LogP contribution in [0.1, 0.15) is 104 Å². The number of benzene rings is 2. The number of Topliss-reactive ketones (excluding diaryl/α,β-unsaturated/α-hetero) is 1. The van der Waals surface area contributed by atoms with Crippen LogP contribution in [0.25, 0.3) is 11.1 Å². The van der Waals surface area contributed by atoms with Gasteiger partial charge in [-0.05, 0) is 83.6 Å². The standard InChI is InChI=1S/C17H18O.C16H30N2/c1-3-4-14-5-7-16(8-6-14)17-11-9-15(10-12-17)13(2)18;1-8-10-13(5)11-16(17-12(3)4)18-15(7)14(6)9-2/h5-12H,3-4H2,1-2H3;11-12H,8-10H2,1-7H3,(H,17,18)/b;13-11+,15-14?. The van der Waals surface area contributed by atoms with Gasteiger partial charge in [0.1, 0.15) is 5.84 Å². The van der Waals surface area contributed by atoms with Gasteiger partial charge in [-0.25, -0.2) is 0 Å². The van der Waals surface area contributed by atoms with E-state index in [1.807, 2.05) is 24.3 Å². The van der Waals surface area contributed by atoms with E-state index in [0.29, 0.717) is 6.04 Å². The molecule has 0 spiro atoms. The van der Waals surface area contributed by atoms with Crippen molar-refractivity contribution in [2.45, 2.75) is 100 Å². The van der Waals surface area contributed by atoms with E-state index in [0.717, 1.165) is 36.2 Å². The number of hydrogen-bond acceptors (Lipinski definition) is 2. The molecule has 0 aliphatic carbocycles. The van der Waals surface area contributed by atoms with Gasteiger partial charge in [0.15, 0.2) is 5.78 Å². The van der Waals surface area contributed by atoms with E-state index in [-0.39, 0.29) is 5.78 Å². The minimum atomic E-state index is 0.111. The van der Waals surface area contributed by atoms with Crippen molar-refractivity contribution in [3.05, 3.63) is 82.6 Å². The van der Waals surface area contributed by atoms with Crippen LogP contribution < -0.4 is 5.32 Å². The molecule has 196 valence electrons. The molecule has 0 unspecified atom stereocenters. The Labute approximate surface area is 220 Å². The highest BCUT2D eigenvalue weighted by atomic mass is 16.1. The second kappa shape index (κ2) is 16.7. The van der Waals surface area contributed by atoms with E-state index in [1.165, 1.54) is 40.8 Å². The van der Waals surface area contributed by atoms with E-state index in [2.05, 4.69) is 96.0 Å². The third-order valence-corrected chi connectivity index (χ3v) is 6.03. The zero-order chi connectivity index (χ0) is 27.1. The molecular formula is C33H48N2O. The van der Waals surface area contributed by atoms with E-state index < -0.39 is 0 Å². The normalized spacial score (nSPS) is 12.6. The largest absolute Gasteiger partial charge is 0.344 e. The molecule has 0 atom stereocenters. The summed E-state index contributed by atoms with van der Waals surface area (Å²) in [5.41, 5.74) is 8.48. The second-order valence-corrected chi connectivity index (χ2v) is 9.81. The van der Waals surface area contributed by atoms with Crippen LogP contribution in [0, 0.1) is 0 Å². The Morgan fingerprint density at radius 3 is 1.86 bits per heavy atom. The molecule has 0 aromatic heterocycles. The van der Waals surface area contributed by atoms with Gasteiger partial charge < -0.3 is 5.32 Å². The molecule has 0 bridgehead atoms. The zero-order valence-corrected chi connectivity index (χ0v) is 24.2. The highest BCUT2D eigenvalue weighted by Gasteiger charge is 2.02. The van der Waals surface area contributed by atoms with Gasteiger partial charge in [-0.1, -0.05) is 93.3 Å². The molecule has 0 radical (unpaired) electrons. The summed E-state index contributed by atoms with van der Waals surface area (Å²) in [6, 6.07) is 16.7. The maximum Gasteiger partial charge on any atom is 0.159 e. The molecule has 0 amide bonds. The Morgan fingerprint density at radius 2 is 1.42 bits per heavy atom. The lowest BCUT2D eigenvalue weighted by molar-refractivity contribution is 0.101. The number of carbonyl (C=O) groups excluding carboxylic acids is 1. The number of nitrogens with one attached hydrogen (secondary N) is 1. The van der Waals surface area contributed by atoms with E-state index in [1.54, 1.807) is 6.92 Å². The lowest BCUT2D eigenvalue weighted by atomic mass is 10.0. The Morgan fingerprint density at radius 1 is 0.861 bits per heavy atom. The zero-order valence-electron chi connectivity index (χ0n) is 24.2. The van der Waals surface area contributed by atoms with E-state index in [9.17, 15) is 4.79 Å². The Bertz CT molecular complexity index is 1020. The summed E-state index contributed by atoms with van der Waals surface area (Å²) in [5, 5.41) is 3.44. The smallest absolute Gasteiger partial charge is 0.159 e. The first kappa shape index (κ1) is 31.1. The van der Waals surface area contributed by atoms with Crippen molar-refractivity contribution in [1.29, 1.82) is 0 Å². The summed E-state index contributed by atoms with van der Waals surface area (Å²) >= 11 is 0. The van der Waals surface area contributed by atoms with Gasteiger partial charge in [-0.3, -0.25) is 9.79 Å². The quantitative estimate of drug-likeness (QED) is 0.206. The van der Waals surface area contributed by atoms with E-state index in [4.69, 9.17) is 0 Å². The van der Waals surface area contributed by atoms with Crippen molar-refractivity contribution in [2.24, 2.45) is 4.99 Å². The third-order valence-electron chi connectivity index (χ3n) is 6.03. The molecule has 0 fully saturated rings. The fourth-order valence-electron chi connectivity index (χ4n) is 3.70. The Hall–Kier alpha value is -2.94. The molecule has 0 heterocycles. The number of aliphatic imine (C=N–C) groups is 1. The summed E-state index contributed by atoms with van der Waals surface area (Å²) in [5.74, 6) is 1.10. The first-order valence-corrected chi connectivity index (χ1v) is 13.5. The summed E-state index contributed by atoms with van der Waals surface area (Å²) in [6.45, 7) is 18.8. The van der Waals surface area contributed by atoms with Crippen molar-refractivity contribution >= 4 is 11.6 Å². The van der Waals surface area contributed by atoms with Gasteiger partial charge in [0, 0.05) is 17.3 Å². The van der Waals surface area contributed by atoms with Gasteiger partial charge in [0.2, 0.25) is 0 Å². The Balaban J connectivity index is 0.000000360. The molecule has 3 heteroatoms. The molecule has 2 rings (SSSR count). The minimum absolute atomic E-state index is 0.111. The first-order valence-electron chi connectivity index (χ1n) is 13.5. The summed E-state index contributed by atoms with van der Waals surface area (Å²) in [4.78, 5) is 15.9. The molecule has 0 aliphatic heterocycles. The molecule has 0 aliphatic rings. The number of hydrogen-bond donors (Lipinski definition) is 1. The van der Waals surface area contributed by atoms with Crippen molar-refractivity contribution in [3.8, 4) is 11.1 Å². The first-order chi connectivity index (χ1) is 17.1. The predicted octanol–water partition coefficient (Wildman–Crippen LogP) is 9.34. The van der Waals surface area contributed by atoms with Gasteiger partial charge in [0.05, 0.1) is 0 Å². The molecule has 0 saturated carbocycles. The molecule has 36 heavy (non-hydrogen) atoms. The van der Waals surface area contributed by atoms with Crippen molar-refractivity contribution in [1.82, 2.24) is 5.32 Å². The topological polar surface area (TPSA) is 41.5 Å². The molecule has 0 saturated heterocycles. The Kier molecular flexibility index (Phi) is 14.4. The fraction of sp³-hybridized carbons (Fsp3) is 0.455. The number of aryl methyl sites for hydroxylation is 1. The number of amidine groups is 1. The molecule has 1 N–H and O–H groups in total. The van der Waals surface area contributed by atoms with Gasteiger partial charge in [-0.15, -0.1) is 0 Å². The number of carbonyl (C=O) groups is 1. The van der Waals surface area contributed by atoms with Crippen molar-refractivity contribution < 1.29 is 4.79 Å². The van der Waals surface area contributed by atoms with E-state index >= 15 is 0 Å². The summed E-state index contributed by atoms with van der Waals surface area (Å²) in [6.07, 6.45) is 7.87. The van der Waals surface area contributed by atoms with Crippen LogP contribution in [0.4, 0.5) is 0 Å². The summed E-state index contributed by atoms with van der Waals surface area (Å²) in [7, 11) is 0. The predicted molar refractivity (Wildman–Crippen MR) is 159 cm³/mol. The maximum atomic E-state index is 11.2. The highest BCUT2D eigenvalue weighted by Crippen LogP contribution is 2.21. The fourth-order valence-corrected chi connectivity index (χ4v) is 3.70. The monoisotopic (exact) mass is 488 g/mol. The lowest BCUT2D eigenvalue weighted by Crippen LogP contribution is -2.22. The van der Waals surface area contributed by atoms with Gasteiger partial charge in [0.25, 0.3) is 0 Å². The number of rotatable bonds is 10. The maximum absolute atomic E-state index is 11.2. The molecule has 3 nitrogen and oxygen atoms in total. The van der Waals surface area contributed by atoms with Crippen LogP contribution in [0.3, 0.4) is 0 Å². The lowest BCUT2D eigenvalue weighted by Gasteiger charge is -2.12. The van der Waals surface area contributed by atoms with Crippen LogP contribution >= 0.6 is 0 Å². The average molecular weight is 489 g/mol. The molecular weight excluding hydrogens is 440 g/mol. The number of allylic oxidation sites excluding steroid dienone is 3. The second-order valence-electron chi connectivity index (χ2n) is 9.81. The molecule has 2 aromatic rings. The van der Waals surface area contributed by atoms with Crippen molar-refractivity contribution in [3.63, 3.8) is 0 Å². The number of ketones is 1. The minimum Gasteiger partial charge on any atom is -0.344 e. The SMILES string of the molecule is CCC/C(C)=C/C(=NC(C)C)NC(C)=C(C)CC.CCCc1ccc(-c2ccc(C(C)=O)cc2)cc1. The van der Waals surface area contributed by atoms with Crippen LogP contribution in [-0.4, -0.2) is 17.7 Å². The highest BCUT2D eigenvalue weighted by molar-refractivity contribution is 5.95. The van der Waals surface area contributed by atoms with Gasteiger partial charge in [-0.2, -0.15) is 0 Å². The van der Waals surface area contributed by atoms with Crippen LogP contribution in [0.5, 0.6) is 0 Å². The summed E-state index contributed by atoms with van der Waals surface area (Å²) < 4.78 is 0.